The molecule has 0 aromatic carbocycles. The molecule has 0 spiro atoms. The molecule has 0 aromatic rings. The summed E-state index contributed by atoms with van der Waals surface area (Å²) in [5.74, 6) is -1.60. The third-order valence-corrected chi connectivity index (χ3v) is 7.65. The molecule has 8 heteroatoms. The number of allylic oxidation sites excluding steroid dienone is 2. The smallest absolute Gasteiger partial charge is 0.342 e. The number of ether oxygens (including phenoxy) is 4. The second-order valence-electron chi connectivity index (χ2n) is 10.0. The third-order valence-electron chi connectivity index (χ3n) is 7.65. The van der Waals surface area contributed by atoms with Crippen LogP contribution in [0.25, 0.3) is 0 Å². The molecule has 1 aliphatic heterocycles. The van der Waals surface area contributed by atoms with Gasteiger partial charge in [0.05, 0.1) is 0 Å². The summed E-state index contributed by atoms with van der Waals surface area (Å²) in [7, 11) is 0. The number of hydrogen-bond donors (Lipinski definition) is 0. The van der Waals surface area contributed by atoms with Crippen LogP contribution in [0.5, 0.6) is 0 Å². The Morgan fingerprint density at radius 3 is 2.44 bits per heavy atom. The van der Waals surface area contributed by atoms with Gasteiger partial charge >= 0.3 is 23.9 Å². The van der Waals surface area contributed by atoms with Crippen LogP contribution in [-0.2, 0) is 38.1 Å². The maximum Gasteiger partial charge on any atom is 0.342 e. The molecule has 0 saturated heterocycles. The minimum atomic E-state index is -0.578. The van der Waals surface area contributed by atoms with E-state index in [9.17, 15) is 19.2 Å². The molecule has 0 bridgehead atoms. The summed E-state index contributed by atoms with van der Waals surface area (Å²) in [6.45, 7) is 12.6. The van der Waals surface area contributed by atoms with Crippen molar-refractivity contribution in [2.45, 2.75) is 66.4 Å². The van der Waals surface area contributed by atoms with Crippen LogP contribution in [0.3, 0.4) is 0 Å². The van der Waals surface area contributed by atoms with Gasteiger partial charge in [-0.05, 0) is 43.1 Å². The zero-order chi connectivity index (χ0) is 25.3. The molecule has 5 atom stereocenters. The SMILES string of the molecule is C=C1CCC2[C@](C)(CC[C@H](OC(C)=O)[C@@]2(C)COC(C)=O)C1/C=C/C1=C(OC(C)=O)COC1=O. The number of esters is 4. The van der Waals surface area contributed by atoms with Gasteiger partial charge in [0.1, 0.15) is 18.3 Å². The number of carbonyl (C=O) groups is 4. The van der Waals surface area contributed by atoms with E-state index in [2.05, 4.69) is 13.5 Å². The quantitative estimate of drug-likeness (QED) is 0.325. The summed E-state index contributed by atoms with van der Waals surface area (Å²) in [6, 6.07) is 0. The number of cyclic esters (lactones) is 1. The lowest BCUT2D eigenvalue weighted by atomic mass is 9.46. The first-order valence-electron chi connectivity index (χ1n) is 11.6. The van der Waals surface area contributed by atoms with Crippen molar-refractivity contribution in [1.82, 2.24) is 0 Å². The highest BCUT2D eigenvalue weighted by Gasteiger charge is 2.59. The molecule has 0 radical (unpaired) electrons. The van der Waals surface area contributed by atoms with Crippen LogP contribution >= 0.6 is 0 Å². The average Bonchev–Trinajstić information content (AvgIpc) is 3.07. The van der Waals surface area contributed by atoms with Crippen LogP contribution in [0.1, 0.15) is 60.3 Å². The number of hydrogen-bond acceptors (Lipinski definition) is 8. The molecule has 2 aliphatic carbocycles. The topological polar surface area (TPSA) is 105 Å². The van der Waals surface area contributed by atoms with Gasteiger partial charge in [-0.25, -0.2) is 4.79 Å². The van der Waals surface area contributed by atoms with Crippen LogP contribution in [0, 0.1) is 22.7 Å². The lowest BCUT2D eigenvalue weighted by Gasteiger charge is -2.59. The van der Waals surface area contributed by atoms with Gasteiger partial charge in [-0.1, -0.05) is 32.1 Å². The maximum absolute atomic E-state index is 12.2. The monoisotopic (exact) mass is 474 g/mol. The summed E-state index contributed by atoms with van der Waals surface area (Å²) in [5, 5.41) is 0. The molecule has 3 aliphatic rings. The minimum absolute atomic E-state index is 0.0649. The first kappa shape index (κ1) is 25.7. The van der Waals surface area contributed by atoms with Crippen molar-refractivity contribution in [2.24, 2.45) is 22.7 Å². The van der Waals surface area contributed by atoms with Crippen molar-refractivity contribution < 1.29 is 38.1 Å². The van der Waals surface area contributed by atoms with Gasteiger partial charge in [0.25, 0.3) is 0 Å². The lowest BCUT2D eigenvalue weighted by Crippen LogP contribution is -2.58. The lowest BCUT2D eigenvalue weighted by molar-refractivity contribution is -0.189. The molecule has 2 saturated carbocycles. The Kier molecular flexibility index (Phi) is 7.38. The molecule has 186 valence electrons. The summed E-state index contributed by atoms with van der Waals surface area (Å²) < 4.78 is 21.4. The largest absolute Gasteiger partial charge is 0.465 e. The molecule has 0 amide bonds. The van der Waals surface area contributed by atoms with Gasteiger partial charge in [0, 0.05) is 32.1 Å². The van der Waals surface area contributed by atoms with E-state index in [1.165, 1.54) is 20.8 Å². The van der Waals surface area contributed by atoms with Gasteiger partial charge < -0.3 is 18.9 Å². The fraction of sp³-hybridized carbons (Fsp3) is 0.615. The van der Waals surface area contributed by atoms with E-state index < -0.39 is 17.4 Å². The summed E-state index contributed by atoms with van der Waals surface area (Å²) >= 11 is 0. The molecule has 0 aromatic heterocycles. The average molecular weight is 475 g/mol. The molecular formula is C26H34O8. The Bertz CT molecular complexity index is 960. The van der Waals surface area contributed by atoms with Gasteiger partial charge in [0.15, 0.2) is 12.4 Å². The van der Waals surface area contributed by atoms with Crippen molar-refractivity contribution >= 4 is 23.9 Å². The third kappa shape index (κ3) is 4.95. The number of fused-ring (bicyclic) bond motifs is 1. The highest BCUT2D eigenvalue weighted by Crippen LogP contribution is 2.62. The van der Waals surface area contributed by atoms with E-state index in [0.717, 1.165) is 24.8 Å². The van der Waals surface area contributed by atoms with Crippen molar-refractivity contribution in [3.63, 3.8) is 0 Å². The van der Waals surface area contributed by atoms with Crippen molar-refractivity contribution in [1.29, 1.82) is 0 Å². The van der Waals surface area contributed by atoms with E-state index in [0.29, 0.717) is 6.42 Å². The Hall–Kier alpha value is -2.90. The van der Waals surface area contributed by atoms with Gasteiger partial charge in [-0.15, -0.1) is 0 Å². The van der Waals surface area contributed by atoms with Gasteiger partial charge in [-0.2, -0.15) is 0 Å². The minimum Gasteiger partial charge on any atom is -0.465 e. The van der Waals surface area contributed by atoms with E-state index in [-0.39, 0.29) is 59.8 Å². The van der Waals surface area contributed by atoms with Crippen LogP contribution in [0.4, 0.5) is 0 Å². The molecule has 0 N–H and O–H groups in total. The van der Waals surface area contributed by atoms with Crippen molar-refractivity contribution in [3.8, 4) is 0 Å². The van der Waals surface area contributed by atoms with Crippen molar-refractivity contribution in [2.75, 3.05) is 13.2 Å². The Morgan fingerprint density at radius 1 is 1.12 bits per heavy atom. The van der Waals surface area contributed by atoms with Crippen LogP contribution < -0.4 is 0 Å². The molecule has 8 nitrogen and oxygen atoms in total. The maximum atomic E-state index is 12.2. The first-order valence-corrected chi connectivity index (χ1v) is 11.6. The first-order chi connectivity index (χ1) is 15.9. The molecule has 1 heterocycles. The van der Waals surface area contributed by atoms with Crippen LogP contribution in [0.2, 0.25) is 0 Å². The predicted molar refractivity (Wildman–Crippen MR) is 122 cm³/mol. The van der Waals surface area contributed by atoms with E-state index in [1.807, 2.05) is 13.0 Å². The van der Waals surface area contributed by atoms with Gasteiger partial charge in [0.2, 0.25) is 0 Å². The second kappa shape index (κ2) is 9.76. The highest BCUT2D eigenvalue weighted by atomic mass is 16.6. The molecule has 3 rings (SSSR count). The van der Waals surface area contributed by atoms with Crippen LogP contribution in [-0.4, -0.2) is 43.2 Å². The zero-order valence-electron chi connectivity index (χ0n) is 20.6. The van der Waals surface area contributed by atoms with E-state index in [1.54, 1.807) is 6.08 Å². The van der Waals surface area contributed by atoms with E-state index in [4.69, 9.17) is 18.9 Å². The molecule has 34 heavy (non-hydrogen) atoms. The Labute approximate surface area is 200 Å². The summed E-state index contributed by atoms with van der Waals surface area (Å²) in [6.07, 6.45) is 6.18. The fourth-order valence-electron chi connectivity index (χ4n) is 6.12. The summed E-state index contributed by atoms with van der Waals surface area (Å²) in [4.78, 5) is 47.1. The number of carbonyl (C=O) groups excluding carboxylic acids is 4. The predicted octanol–water partition coefficient (Wildman–Crippen LogP) is 3.80. The Morgan fingerprint density at radius 2 is 1.82 bits per heavy atom. The fourth-order valence-corrected chi connectivity index (χ4v) is 6.12. The standard InChI is InChI=1S/C26H34O8/c1-15-7-10-22-25(5,12-11-23(34-18(4)29)26(22,6)14-32-16(2)27)20(15)9-8-19-21(33-17(3)28)13-31-24(19)30/h8-9,20,22-23H,1,7,10-14H2,2-6H3/b9-8+/t20?,22?,23-,25+,26-/m0/s1. The summed E-state index contributed by atoms with van der Waals surface area (Å²) in [5.41, 5.74) is 0.412. The van der Waals surface area contributed by atoms with E-state index >= 15 is 0 Å². The van der Waals surface area contributed by atoms with Crippen LogP contribution in [0.15, 0.2) is 35.6 Å². The Balaban J connectivity index is 1.97. The number of rotatable bonds is 6. The zero-order valence-corrected chi connectivity index (χ0v) is 20.6. The van der Waals surface area contributed by atoms with Gasteiger partial charge in [-0.3, -0.25) is 14.4 Å². The molecule has 2 unspecified atom stereocenters. The highest BCUT2D eigenvalue weighted by molar-refractivity contribution is 5.94. The molecular weight excluding hydrogens is 440 g/mol. The van der Waals surface area contributed by atoms with Crippen molar-refractivity contribution in [3.05, 3.63) is 35.6 Å². The molecule has 2 fully saturated rings. The second-order valence-corrected chi connectivity index (χ2v) is 10.0. The normalized spacial score (nSPS) is 33.4.